The number of anilines is 1. The highest BCUT2D eigenvalue weighted by Crippen LogP contribution is 2.26. The van der Waals surface area contributed by atoms with Gasteiger partial charge in [0.15, 0.2) is 0 Å². The van der Waals surface area contributed by atoms with Crippen molar-refractivity contribution in [3.05, 3.63) is 24.4 Å². The summed E-state index contributed by atoms with van der Waals surface area (Å²) in [4.78, 5) is 17.8. The first-order chi connectivity index (χ1) is 8.46. The van der Waals surface area contributed by atoms with Crippen LogP contribution < -0.4 is 10.6 Å². The predicted octanol–water partition coefficient (Wildman–Crippen LogP) is 2.20. The summed E-state index contributed by atoms with van der Waals surface area (Å²) >= 11 is 0. The van der Waals surface area contributed by atoms with Crippen molar-refractivity contribution in [3.8, 4) is 0 Å². The highest BCUT2D eigenvalue weighted by atomic mass is 16.2. The molecule has 0 fully saturated rings. The molecule has 0 unspecified atom stereocenters. The molecule has 1 aromatic rings. The number of nitrogens with zero attached hydrogens (tertiary/aromatic N) is 2. The van der Waals surface area contributed by atoms with Gasteiger partial charge < -0.3 is 5.73 Å². The maximum Gasteiger partial charge on any atom is 0.227 e. The third kappa shape index (κ3) is 4.45. The van der Waals surface area contributed by atoms with Crippen molar-refractivity contribution < 1.29 is 4.79 Å². The monoisotopic (exact) mass is 249 g/mol. The highest BCUT2D eigenvalue weighted by molar-refractivity contribution is 5.91. The van der Waals surface area contributed by atoms with Crippen LogP contribution in [0.5, 0.6) is 0 Å². The average Bonchev–Trinajstić information content (AvgIpc) is 2.36. The van der Waals surface area contributed by atoms with Gasteiger partial charge in [-0.3, -0.25) is 9.69 Å². The van der Waals surface area contributed by atoms with E-state index in [0.717, 1.165) is 12.8 Å². The van der Waals surface area contributed by atoms with Gasteiger partial charge >= 0.3 is 0 Å². The number of carbonyl (C=O) groups excluding carboxylic acids is 1. The molecule has 1 heterocycles. The molecule has 0 aliphatic carbocycles. The molecule has 0 atom stereocenters. The summed E-state index contributed by atoms with van der Waals surface area (Å²) in [6, 6.07) is 5.56. The van der Waals surface area contributed by atoms with Gasteiger partial charge in [0.1, 0.15) is 5.82 Å². The molecule has 2 N–H and O–H groups in total. The first-order valence-electron chi connectivity index (χ1n) is 6.34. The van der Waals surface area contributed by atoms with Gasteiger partial charge in [-0.25, -0.2) is 4.98 Å². The van der Waals surface area contributed by atoms with Gasteiger partial charge in [0.2, 0.25) is 5.91 Å². The van der Waals surface area contributed by atoms with E-state index >= 15 is 0 Å². The molecule has 4 nitrogen and oxygen atoms in total. The van der Waals surface area contributed by atoms with Crippen molar-refractivity contribution in [2.24, 2.45) is 11.1 Å². The Morgan fingerprint density at radius 3 is 2.67 bits per heavy atom. The quantitative estimate of drug-likeness (QED) is 0.840. The second-order valence-corrected chi connectivity index (χ2v) is 5.34. The van der Waals surface area contributed by atoms with Crippen molar-refractivity contribution in [3.63, 3.8) is 0 Å². The Morgan fingerprint density at radius 1 is 1.39 bits per heavy atom. The van der Waals surface area contributed by atoms with E-state index in [2.05, 4.69) is 18.8 Å². The normalized spacial score (nSPS) is 11.3. The fourth-order valence-electron chi connectivity index (χ4n) is 1.81. The van der Waals surface area contributed by atoms with Crippen molar-refractivity contribution in [1.29, 1.82) is 0 Å². The molecule has 0 bridgehead atoms. The molecular weight excluding hydrogens is 226 g/mol. The molecule has 100 valence electrons. The fourth-order valence-corrected chi connectivity index (χ4v) is 1.81. The number of amides is 1. The average molecular weight is 249 g/mol. The summed E-state index contributed by atoms with van der Waals surface area (Å²) in [5.41, 5.74) is 5.69. The van der Waals surface area contributed by atoms with E-state index in [-0.39, 0.29) is 11.3 Å². The zero-order valence-corrected chi connectivity index (χ0v) is 11.5. The van der Waals surface area contributed by atoms with Crippen molar-refractivity contribution in [2.75, 3.05) is 18.5 Å². The van der Waals surface area contributed by atoms with Crippen LogP contribution in [0.4, 0.5) is 5.82 Å². The van der Waals surface area contributed by atoms with Crippen LogP contribution in [0.3, 0.4) is 0 Å². The Morgan fingerprint density at radius 2 is 2.11 bits per heavy atom. The largest absolute Gasteiger partial charge is 0.330 e. The predicted molar refractivity (Wildman–Crippen MR) is 74.3 cm³/mol. The lowest BCUT2D eigenvalue weighted by Gasteiger charge is -2.24. The van der Waals surface area contributed by atoms with Crippen LogP contribution in [0, 0.1) is 5.41 Å². The zero-order valence-electron chi connectivity index (χ0n) is 11.5. The first kappa shape index (κ1) is 14.6. The molecule has 0 aliphatic rings. The van der Waals surface area contributed by atoms with E-state index in [1.807, 2.05) is 18.2 Å². The SMILES string of the molecule is CN(C(=O)CCC(C)(C)CCN)c1ccccn1. The topological polar surface area (TPSA) is 59.2 Å². The Hall–Kier alpha value is -1.42. The molecule has 0 aliphatic heterocycles. The molecule has 1 rings (SSSR count). The summed E-state index contributed by atoms with van der Waals surface area (Å²) < 4.78 is 0. The maximum atomic E-state index is 12.0. The maximum absolute atomic E-state index is 12.0. The standard InChI is InChI=1S/C14H23N3O/c1-14(2,9-10-15)8-7-13(18)17(3)12-6-4-5-11-16-12/h4-6,11H,7-10,15H2,1-3H3. The number of rotatable bonds is 6. The Labute approximate surface area is 109 Å². The fraction of sp³-hybridized carbons (Fsp3) is 0.571. The van der Waals surface area contributed by atoms with Crippen LogP contribution in [-0.2, 0) is 4.79 Å². The van der Waals surface area contributed by atoms with Crippen LogP contribution >= 0.6 is 0 Å². The lowest BCUT2D eigenvalue weighted by atomic mass is 9.84. The van der Waals surface area contributed by atoms with Crippen molar-refractivity contribution in [2.45, 2.75) is 33.1 Å². The molecule has 0 saturated carbocycles. The Kier molecular flexibility index (Phi) is 5.28. The van der Waals surface area contributed by atoms with Crippen LogP contribution in [0.25, 0.3) is 0 Å². The van der Waals surface area contributed by atoms with Crippen molar-refractivity contribution >= 4 is 11.7 Å². The third-order valence-corrected chi connectivity index (χ3v) is 3.20. The van der Waals surface area contributed by atoms with E-state index in [0.29, 0.717) is 18.8 Å². The Balaban J connectivity index is 2.51. The van der Waals surface area contributed by atoms with E-state index in [4.69, 9.17) is 5.73 Å². The molecular formula is C14H23N3O. The number of hydrogen-bond acceptors (Lipinski definition) is 3. The molecule has 1 amide bonds. The number of nitrogens with two attached hydrogens (primary N) is 1. The van der Waals surface area contributed by atoms with Gasteiger partial charge in [0, 0.05) is 19.7 Å². The highest BCUT2D eigenvalue weighted by Gasteiger charge is 2.20. The van der Waals surface area contributed by atoms with Gasteiger partial charge in [-0.2, -0.15) is 0 Å². The second-order valence-electron chi connectivity index (χ2n) is 5.34. The van der Waals surface area contributed by atoms with Gasteiger partial charge in [-0.1, -0.05) is 19.9 Å². The zero-order chi connectivity index (χ0) is 13.6. The number of carbonyl (C=O) groups is 1. The number of pyridine rings is 1. The van der Waals surface area contributed by atoms with Crippen molar-refractivity contribution in [1.82, 2.24) is 4.98 Å². The summed E-state index contributed by atoms with van der Waals surface area (Å²) in [6.07, 6.45) is 4.01. The Bertz CT molecular complexity index is 376. The first-order valence-corrected chi connectivity index (χ1v) is 6.34. The van der Waals surface area contributed by atoms with Crippen LogP contribution in [0.15, 0.2) is 24.4 Å². The second kappa shape index (κ2) is 6.50. The summed E-state index contributed by atoms with van der Waals surface area (Å²) in [5.74, 6) is 0.790. The summed E-state index contributed by atoms with van der Waals surface area (Å²) in [7, 11) is 1.76. The molecule has 0 spiro atoms. The van der Waals surface area contributed by atoms with Crippen LogP contribution in [0.2, 0.25) is 0 Å². The van der Waals surface area contributed by atoms with Gasteiger partial charge in [-0.15, -0.1) is 0 Å². The lowest BCUT2D eigenvalue weighted by molar-refractivity contribution is -0.118. The minimum absolute atomic E-state index is 0.0961. The number of hydrogen-bond donors (Lipinski definition) is 1. The molecule has 0 radical (unpaired) electrons. The van der Waals surface area contributed by atoms with E-state index < -0.39 is 0 Å². The van der Waals surface area contributed by atoms with E-state index in [1.165, 1.54) is 0 Å². The van der Waals surface area contributed by atoms with Crippen LogP contribution in [0.1, 0.15) is 33.1 Å². The molecule has 0 aromatic carbocycles. The summed E-state index contributed by atoms with van der Waals surface area (Å²) in [5, 5.41) is 0. The van der Waals surface area contributed by atoms with Gasteiger partial charge in [0.25, 0.3) is 0 Å². The molecule has 1 aromatic heterocycles. The van der Waals surface area contributed by atoms with E-state index in [1.54, 1.807) is 18.1 Å². The lowest BCUT2D eigenvalue weighted by Crippen LogP contribution is -2.28. The minimum Gasteiger partial charge on any atom is -0.330 e. The molecule has 18 heavy (non-hydrogen) atoms. The molecule has 4 heteroatoms. The molecule has 0 saturated heterocycles. The van der Waals surface area contributed by atoms with E-state index in [9.17, 15) is 4.79 Å². The van der Waals surface area contributed by atoms with Crippen LogP contribution in [-0.4, -0.2) is 24.5 Å². The third-order valence-electron chi connectivity index (χ3n) is 3.20. The summed E-state index contributed by atoms with van der Waals surface area (Å²) in [6.45, 7) is 4.96. The van der Waals surface area contributed by atoms with Gasteiger partial charge in [-0.05, 0) is 36.9 Å². The number of aromatic nitrogens is 1. The van der Waals surface area contributed by atoms with Gasteiger partial charge in [0.05, 0.1) is 0 Å². The smallest absolute Gasteiger partial charge is 0.227 e. The minimum atomic E-state index is 0.0961.